The van der Waals surface area contributed by atoms with Crippen LogP contribution in [0.25, 0.3) is 0 Å². The largest absolute Gasteiger partial charge is 0.591 e. The molecule has 0 fully saturated rings. The molecule has 0 N–H and O–H groups in total. The standard InChI is InChI=1S/C9H17NO3S/c1-9(2,3)14(12)10-7-5-6-8(11)13-4/h7H,5-6H2,1-4H3/b10-7-. The van der Waals surface area contributed by atoms with E-state index in [2.05, 4.69) is 9.13 Å². The van der Waals surface area contributed by atoms with Crippen LogP contribution in [0.5, 0.6) is 0 Å². The summed E-state index contributed by atoms with van der Waals surface area (Å²) in [4.78, 5) is 10.7. The third-order valence-corrected chi connectivity index (χ3v) is 2.79. The smallest absolute Gasteiger partial charge is 0.305 e. The summed E-state index contributed by atoms with van der Waals surface area (Å²) in [6.07, 6.45) is 2.26. The molecule has 14 heavy (non-hydrogen) atoms. The van der Waals surface area contributed by atoms with E-state index in [1.807, 2.05) is 20.8 Å². The molecule has 1 unspecified atom stereocenters. The van der Waals surface area contributed by atoms with Gasteiger partial charge in [0.05, 0.1) is 19.7 Å². The Morgan fingerprint density at radius 3 is 2.57 bits per heavy atom. The maximum absolute atomic E-state index is 11.4. The summed E-state index contributed by atoms with van der Waals surface area (Å²) >= 11 is -1.24. The number of ether oxygens (including phenoxy) is 1. The van der Waals surface area contributed by atoms with Crippen LogP contribution in [-0.4, -0.2) is 28.6 Å². The molecule has 0 saturated heterocycles. The second-order valence-corrected chi connectivity index (χ2v) is 5.70. The zero-order valence-corrected chi connectivity index (χ0v) is 9.89. The van der Waals surface area contributed by atoms with Crippen LogP contribution in [0.2, 0.25) is 0 Å². The molecule has 0 aliphatic rings. The topological polar surface area (TPSA) is 61.7 Å². The zero-order valence-electron chi connectivity index (χ0n) is 9.07. The average molecular weight is 219 g/mol. The first-order valence-corrected chi connectivity index (χ1v) is 5.50. The van der Waals surface area contributed by atoms with Crippen molar-refractivity contribution in [1.29, 1.82) is 0 Å². The molecular weight excluding hydrogens is 202 g/mol. The van der Waals surface area contributed by atoms with Gasteiger partial charge in [-0.25, -0.2) is 0 Å². The molecule has 0 spiro atoms. The van der Waals surface area contributed by atoms with E-state index in [-0.39, 0.29) is 17.1 Å². The van der Waals surface area contributed by atoms with Crippen LogP contribution >= 0.6 is 0 Å². The molecular formula is C9H17NO3S. The predicted molar refractivity (Wildman–Crippen MR) is 57.6 cm³/mol. The number of carbonyl (C=O) groups is 1. The Morgan fingerprint density at radius 1 is 1.57 bits per heavy atom. The van der Waals surface area contributed by atoms with Gasteiger partial charge in [0.15, 0.2) is 0 Å². The van der Waals surface area contributed by atoms with Gasteiger partial charge in [-0.2, -0.15) is 0 Å². The third-order valence-electron chi connectivity index (χ3n) is 1.40. The molecule has 1 atom stereocenters. The first kappa shape index (κ1) is 13.4. The molecule has 0 aromatic rings. The molecule has 5 heteroatoms. The number of rotatable bonds is 4. The maximum atomic E-state index is 11.4. The first-order valence-electron chi connectivity index (χ1n) is 4.39. The molecule has 0 aromatic carbocycles. The molecule has 0 rings (SSSR count). The second kappa shape index (κ2) is 6.03. The van der Waals surface area contributed by atoms with Crippen molar-refractivity contribution in [1.82, 2.24) is 0 Å². The molecule has 0 heterocycles. The van der Waals surface area contributed by atoms with Gasteiger partial charge in [-0.15, -0.1) is 0 Å². The Bertz CT molecular complexity index is 211. The fraction of sp³-hybridized carbons (Fsp3) is 0.778. The predicted octanol–water partition coefficient (Wildman–Crippen LogP) is 1.47. The van der Waals surface area contributed by atoms with E-state index < -0.39 is 11.4 Å². The molecule has 0 aliphatic carbocycles. The highest BCUT2D eigenvalue weighted by molar-refractivity contribution is 7.91. The monoisotopic (exact) mass is 219 g/mol. The molecule has 4 nitrogen and oxygen atoms in total. The lowest BCUT2D eigenvalue weighted by atomic mass is 10.3. The van der Waals surface area contributed by atoms with E-state index in [4.69, 9.17) is 0 Å². The Hall–Kier alpha value is -0.550. The summed E-state index contributed by atoms with van der Waals surface area (Å²) in [6, 6.07) is 0. The summed E-state index contributed by atoms with van der Waals surface area (Å²) < 4.78 is 19.3. The van der Waals surface area contributed by atoms with E-state index in [1.54, 1.807) is 0 Å². The van der Waals surface area contributed by atoms with Crippen molar-refractivity contribution < 1.29 is 14.1 Å². The number of hydrogen-bond donors (Lipinski definition) is 0. The van der Waals surface area contributed by atoms with Gasteiger partial charge in [0.1, 0.15) is 16.1 Å². The SMILES string of the molecule is COC(=O)CC/C=N\[S+]([O-])C(C)(C)C. The lowest BCUT2D eigenvalue weighted by Gasteiger charge is -2.17. The highest BCUT2D eigenvalue weighted by Crippen LogP contribution is 2.16. The normalized spacial score (nSPS) is 14.4. The average Bonchev–Trinajstić information content (AvgIpc) is 2.09. The zero-order chi connectivity index (χ0) is 11.2. The third kappa shape index (κ3) is 5.99. The molecule has 0 saturated carbocycles. The summed E-state index contributed by atoms with van der Waals surface area (Å²) in [5.41, 5.74) is 0. The Labute approximate surface area is 88.1 Å². The van der Waals surface area contributed by atoms with Crippen molar-refractivity contribution in [3.63, 3.8) is 0 Å². The van der Waals surface area contributed by atoms with E-state index in [0.29, 0.717) is 6.42 Å². The number of carbonyl (C=O) groups excluding carboxylic acids is 1. The van der Waals surface area contributed by atoms with Crippen LogP contribution in [0, 0.1) is 0 Å². The van der Waals surface area contributed by atoms with Gasteiger partial charge < -0.3 is 9.29 Å². The first-order chi connectivity index (χ1) is 6.38. The van der Waals surface area contributed by atoms with E-state index in [0.717, 1.165) is 0 Å². The number of esters is 1. The van der Waals surface area contributed by atoms with Gasteiger partial charge in [0.25, 0.3) is 0 Å². The molecule has 0 aromatic heterocycles. The van der Waals surface area contributed by atoms with Crippen molar-refractivity contribution in [3.8, 4) is 0 Å². The summed E-state index contributed by atoms with van der Waals surface area (Å²) in [5, 5.41) is 0. The van der Waals surface area contributed by atoms with Crippen LogP contribution < -0.4 is 0 Å². The van der Waals surface area contributed by atoms with E-state index in [9.17, 15) is 9.35 Å². The number of hydrogen-bond acceptors (Lipinski definition) is 4. The van der Waals surface area contributed by atoms with Gasteiger partial charge in [-0.1, -0.05) is 4.40 Å². The Morgan fingerprint density at radius 2 is 2.14 bits per heavy atom. The molecule has 0 bridgehead atoms. The number of nitrogens with zero attached hydrogens (tertiary/aromatic N) is 1. The molecule has 82 valence electrons. The van der Waals surface area contributed by atoms with E-state index >= 15 is 0 Å². The van der Waals surface area contributed by atoms with Crippen molar-refractivity contribution in [3.05, 3.63) is 0 Å². The summed E-state index contributed by atoms with van der Waals surface area (Å²) in [7, 11) is 1.34. The summed E-state index contributed by atoms with van der Waals surface area (Å²) in [6.45, 7) is 5.54. The van der Waals surface area contributed by atoms with Crippen molar-refractivity contribution >= 4 is 23.5 Å². The minimum absolute atomic E-state index is 0.279. The van der Waals surface area contributed by atoms with Crippen molar-refractivity contribution in [2.24, 2.45) is 4.40 Å². The number of methoxy groups -OCH3 is 1. The van der Waals surface area contributed by atoms with Crippen molar-refractivity contribution in [2.45, 2.75) is 38.4 Å². The molecule has 0 aliphatic heterocycles. The fourth-order valence-corrected chi connectivity index (χ4v) is 1.12. The Balaban J connectivity index is 3.79. The highest BCUT2D eigenvalue weighted by atomic mass is 32.2. The molecule has 0 radical (unpaired) electrons. The van der Waals surface area contributed by atoms with Crippen LogP contribution in [0.1, 0.15) is 33.6 Å². The van der Waals surface area contributed by atoms with Crippen LogP contribution in [-0.2, 0) is 20.9 Å². The van der Waals surface area contributed by atoms with Crippen LogP contribution in [0.3, 0.4) is 0 Å². The Kier molecular flexibility index (Phi) is 5.79. The fourth-order valence-electron chi connectivity index (χ4n) is 0.563. The second-order valence-electron chi connectivity index (χ2n) is 3.76. The van der Waals surface area contributed by atoms with Gasteiger partial charge in [0, 0.05) is 0 Å². The minimum Gasteiger partial charge on any atom is -0.591 e. The van der Waals surface area contributed by atoms with Crippen molar-refractivity contribution in [2.75, 3.05) is 7.11 Å². The van der Waals surface area contributed by atoms with Crippen LogP contribution in [0.15, 0.2) is 4.40 Å². The highest BCUT2D eigenvalue weighted by Gasteiger charge is 2.25. The minimum atomic E-state index is -1.24. The quantitative estimate of drug-likeness (QED) is 0.408. The van der Waals surface area contributed by atoms with Crippen LogP contribution in [0.4, 0.5) is 0 Å². The van der Waals surface area contributed by atoms with Gasteiger partial charge >= 0.3 is 5.97 Å². The lowest BCUT2D eigenvalue weighted by Crippen LogP contribution is -2.25. The molecule has 0 amide bonds. The maximum Gasteiger partial charge on any atom is 0.305 e. The van der Waals surface area contributed by atoms with Gasteiger partial charge in [-0.05, 0) is 27.2 Å². The summed E-state index contributed by atoms with van der Waals surface area (Å²) in [5.74, 6) is -0.280. The van der Waals surface area contributed by atoms with Gasteiger partial charge in [-0.3, -0.25) is 4.79 Å². The van der Waals surface area contributed by atoms with E-state index in [1.165, 1.54) is 13.3 Å². The van der Waals surface area contributed by atoms with Gasteiger partial charge in [0.2, 0.25) is 0 Å². The lowest BCUT2D eigenvalue weighted by molar-refractivity contribution is -0.140.